The quantitative estimate of drug-likeness (QED) is 0.851. The average Bonchev–Trinajstić information content (AvgIpc) is 3.04. The van der Waals surface area contributed by atoms with Crippen LogP contribution >= 0.6 is 0 Å². The summed E-state index contributed by atoms with van der Waals surface area (Å²) in [5.41, 5.74) is 1.73. The van der Waals surface area contributed by atoms with Gasteiger partial charge in [0.25, 0.3) is 5.91 Å². The summed E-state index contributed by atoms with van der Waals surface area (Å²) in [6.07, 6.45) is 4.33. The van der Waals surface area contributed by atoms with Crippen molar-refractivity contribution in [1.29, 1.82) is 0 Å². The number of carbonyl (C=O) groups excluding carboxylic acids is 1. The Morgan fingerprint density at radius 2 is 2.05 bits per heavy atom. The van der Waals surface area contributed by atoms with E-state index in [2.05, 4.69) is 4.98 Å². The van der Waals surface area contributed by atoms with Gasteiger partial charge in [-0.15, -0.1) is 0 Å². The van der Waals surface area contributed by atoms with Gasteiger partial charge < -0.3 is 14.4 Å². The monoisotopic (exact) mass is 298 g/mol. The van der Waals surface area contributed by atoms with Crippen molar-refractivity contribution in [1.82, 2.24) is 9.88 Å². The molecule has 2 aromatic rings. The summed E-state index contributed by atoms with van der Waals surface area (Å²) >= 11 is 0. The molecule has 22 heavy (non-hydrogen) atoms. The molecule has 5 heteroatoms. The Hall–Kier alpha value is -2.56. The predicted molar refractivity (Wildman–Crippen MR) is 82.1 cm³/mol. The van der Waals surface area contributed by atoms with E-state index in [-0.39, 0.29) is 12.7 Å². The van der Waals surface area contributed by atoms with Crippen molar-refractivity contribution in [2.75, 3.05) is 19.9 Å². The summed E-state index contributed by atoms with van der Waals surface area (Å²) in [5.74, 6) is 1.16. The number of ether oxygens (including phenoxy) is 2. The first-order chi connectivity index (χ1) is 10.8. The van der Waals surface area contributed by atoms with Gasteiger partial charge in [0, 0.05) is 25.5 Å². The molecule has 114 valence electrons. The number of amides is 1. The number of benzene rings is 1. The molecule has 0 saturated carbocycles. The highest BCUT2D eigenvalue weighted by molar-refractivity contribution is 5.98. The van der Waals surface area contributed by atoms with Crippen molar-refractivity contribution in [2.45, 2.75) is 13.3 Å². The Bertz CT molecular complexity index is 658. The Morgan fingerprint density at radius 3 is 2.82 bits per heavy atom. The summed E-state index contributed by atoms with van der Waals surface area (Å²) in [6, 6.07) is 9.35. The van der Waals surface area contributed by atoms with Crippen LogP contribution in [0.15, 0.2) is 42.7 Å². The normalized spacial score (nSPS) is 12.2. The highest BCUT2D eigenvalue weighted by atomic mass is 16.7. The van der Waals surface area contributed by atoms with E-state index in [0.29, 0.717) is 30.2 Å². The second-order valence-corrected chi connectivity index (χ2v) is 5.03. The Balaban J connectivity index is 1.73. The minimum Gasteiger partial charge on any atom is -0.454 e. The summed E-state index contributed by atoms with van der Waals surface area (Å²) in [6.45, 7) is 3.45. The number of para-hydroxylation sites is 1. The summed E-state index contributed by atoms with van der Waals surface area (Å²) in [7, 11) is 0. The maximum absolute atomic E-state index is 12.7. The van der Waals surface area contributed by atoms with E-state index in [0.717, 1.165) is 6.42 Å². The number of rotatable bonds is 5. The minimum absolute atomic E-state index is 0.0288. The third-order valence-corrected chi connectivity index (χ3v) is 3.72. The highest BCUT2D eigenvalue weighted by Crippen LogP contribution is 2.35. The lowest BCUT2D eigenvalue weighted by Gasteiger charge is -2.21. The van der Waals surface area contributed by atoms with E-state index in [4.69, 9.17) is 9.47 Å². The summed E-state index contributed by atoms with van der Waals surface area (Å²) in [5, 5.41) is 0. The van der Waals surface area contributed by atoms with Crippen LogP contribution in [0, 0.1) is 0 Å². The molecular weight excluding hydrogens is 280 g/mol. The van der Waals surface area contributed by atoms with Gasteiger partial charge in [0.05, 0.1) is 5.56 Å². The topological polar surface area (TPSA) is 51.7 Å². The van der Waals surface area contributed by atoms with Gasteiger partial charge in [-0.05, 0) is 43.2 Å². The Kier molecular flexibility index (Phi) is 4.23. The van der Waals surface area contributed by atoms with E-state index < -0.39 is 0 Å². The zero-order valence-corrected chi connectivity index (χ0v) is 12.5. The molecule has 0 atom stereocenters. The largest absolute Gasteiger partial charge is 0.454 e. The zero-order valence-electron chi connectivity index (χ0n) is 12.5. The molecule has 0 fully saturated rings. The number of hydrogen-bond donors (Lipinski definition) is 0. The zero-order chi connectivity index (χ0) is 15.4. The molecule has 1 aliphatic rings. The van der Waals surface area contributed by atoms with Gasteiger partial charge in [-0.3, -0.25) is 9.78 Å². The number of aromatic nitrogens is 1. The molecular formula is C17H18N2O3. The van der Waals surface area contributed by atoms with Crippen molar-refractivity contribution in [3.63, 3.8) is 0 Å². The van der Waals surface area contributed by atoms with E-state index in [1.807, 2.05) is 36.1 Å². The number of pyridine rings is 1. The SMILES string of the molecule is CCN(CCc1ccncc1)C(=O)c1cccc2c1OCO2. The molecule has 2 heterocycles. The maximum Gasteiger partial charge on any atom is 0.257 e. The van der Waals surface area contributed by atoms with Crippen LogP contribution in [0.25, 0.3) is 0 Å². The molecule has 0 bridgehead atoms. The van der Waals surface area contributed by atoms with Gasteiger partial charge in [-0.2, -0.15) is 0 Å². The third kappa shape index (κ3) is 2.88. The van der Waals surface area contributed by atoms with Crippen LogP contribution in [0.1, 0.15) is 22.8 Å². The molecule has 0 spiro atoms. The average molecular weight is 298 g/mol. The second kappa shape index (κ2) is 6.47. The van der Waals surface area contributed by atoms with Gasteiger partial charge in [0.15, 0.2) is 11.5 Å². The third-order valence-electron chi connectivity index (χ3n) is 3.72. The molecule has 5 nitrogen and oxygen atoms in total. The van der Waals surface area contributed by atoms with Crippen LogP contribution in [0.2, 0.25) is 0 Å². The minimum atomic E-state index is -0.0288. The molecule has 1 aliphatic heterocycles. The maximum atomic E-state index is 12.7. The molecule has 0 saturated heterocycles. The van der Waals surface area contributed by atoms with Crippen molar-refractivity contribution < 1.29 is 14.3 Å². The van der Waals surface area contributed by atoms with Crippen LogP contribution in [0.3, 0.4) is 0 Å². The first-order valence-corrected chi connectivity index (χ1v) is 7.36. The van der Waals surface area contributed by atoms with Crippen LogP contribution in [-0.4, -0.2) is 35.7 Å². The number of nitrogens with zero attached hydrogens (tertiary/aromatic N) is 2. The first-order valence-electron chi connectivity index (χ1n) is 7.36. The molecule has 0 unspecified atom stereocenters. The van der Waals surface area contributed by atoms with Crippen LogP contribution < -0.4 is 9.47 Å². The van der Waals surface area contributed by atoms with Crippen molar-refractivity contribution >= 4 is 5.91 Å². The van der Waals surface area contributed by atoms with Gasteiger partial charge in [0.1, 0.15) is 0 Å². The standard InChI is InChI=1S/C17H18N2O3/c1-2-19(11-8-13-6-9-18-10-7-13)17(20)14-4-3-5-15-16(14)22-12-21-15/h3-7,9-10H,2,8,11-12H2,1H3. The summed E-state index contributed by atoms with van der Waals surface area (Å²) in [4.78, 5) is 18.6. The summed E-state index contributed by atoms with van der Waals surface area (Å²) < 4.78 is 10.8. The van der Waals surface area contributed by atoms with Gasteiger partial charge in [-0.25, -0.2) is 0 Å². The van der Waals surface area contributed by atoms with Crippen LogP contribution in [0.4, 0.5) is 0 Å². The molecule has 0 aliphatic carbocycles. The molecule has 1 aromatic carbocycles. The molecule has 3 rings (SSSR count). The second-order valence-electron chi connectivity index (χ2n) is 5.03. The first kappa shape index (κ1) is 14.4. The van der Waals surface area contributed by atoms with Crippen molar-refractivity contribution in [3.8, 4) is 11.5 Å². The predicted octanol–water partition coefficient (Wildman–Crippen LogP) is 2.52. The lowest BCUT2D eigenvalue weighted by molar-refractivity contribution is 0.0761. The fourth-order valence-corrected chi connectivity index (χ4v) is 2.49. The smallest absolute Gasteiger partial charge is 0.257 e. The van der Waals surface area contributed by atoms with Crippen molar-refractivity contribution in [3.05, 3.63) is 53.9 Å². The van der Waals surface area contributed by atoms with Crippen molar-refractivity contribution in [2.24, 2.45) is 0 Å². The molecule has 1 aromatic heterocycles. The molecule has 1 amide bonds. The van der Waals surface area contributed by atoms with E-state index in [1.165, 1.54) is 5.56 Å². The fraction of sp³-hybridized carbons (Fsp3) is 0.294. The van der Waals surface area contributed by atoms with Crippen LogP contribution in [0.5, 0.6) is 11.5 Å². The van der Waals surface area contributed by atoms with Gasteiger partial charge in [-0.1, -0.05) is 6.07 Å². The number of carbonyl (C=O) groups is 1. The lowest BCUT2D eigenvalue weighted by Crippen LogP contribution is -2.32. The van der Waals surface area contributed by atoms with Gasteiger partial charge >= 0.3 is 0 Å². The molecule has 0 radical (unpaired) electrons. The van der Waals surface area contributed by atoms with Crippen LogP contribution in [-0.2, 0) is 6.42 Å². The molecule has 0 N–H and O–H groups in total. The fourth-order valence-electron chi connectivity index (χ4n) is 2.49. The number of hydrogen-bond acceptors (Lipinski definition) is 4. The lowest BCUT2D eigenvalue weighted by atomic mass is 10.1. The Morgan fingerprint density at radius 1 is 1.23 bits per heavy atom. The van der Waals surface area contributed by atoms with Gasteiger partial charge in [0.2, 0.25) is 6.79 Å². The van der Waals surface area contributed by atoms with E-state index in [1.54, 1.807) is 18.5 Å². The number of fused-ring (bicyclic) bond motifs is 1. The van der Waals surface area contributed by atoms with E-state index >= 15 is 0 Å². The highest BCUT2D eigenvalue weighted by Gasteiger charge is 2.24. The van der Waals surface area contributed by atoms with E-state index in [9.17, 15) is 4.79 Å². The Labute approximate surface area is 129 Å². The number of likely N-dealkylation sites (N-methyl/N-ethyl adjacent to an activating group) is 1.